The van der Waals surface area contributed by atoms with Crippen molar-refractivity contribution in [2.45, 2.75) is 52.0 Å². The Morgan fingerprint density at radius 2 is 1.93 bits per heavy atom. The lowest BCUT2D eigenvalue weighted by Crippen LogP contribution is -2.19. The van der Waals surface area contributed by atoms with Crippen molar-refractivity contribution in [3.8, 4) is 0 Å². The standard InChI is InChI=1S/C12H23NO/c1-10(2)12(9-14)13-8-11-6-4-3-5-7-11/h8,10-12,14H,3-7,9H2,1-2H3/t12-/m1/s1. The van der Waals surface area contributed by atoms with Crippen LogP contribution in [0.2, 0.25) is 0 Å². The van der Waals surface area contributed by atoms with E-state index in [0.29, 0.717) is 11.8 Å². The third-order valence-electron chi connectivity index (χ3n) is 3.09. The maximum Gasteiger partial charge on any atom is 0.0749 e. The van der Waals surface area contributed by atoms with E-state index in [1.807, 2.05) is 0 Å². The maximum atomic E-state index is 9.11. The highest BCUT2D eigenvalue weighted by Gasteiger charge is 2.13. The molecule has 0 spiro atoms. The number of aliphatic hydroxyl groups excluding tert-OH is 1. The maximum absolute atomic E-state index is 9.11. The van der Waals surface area contributed by atoms with Gasteiger partial charge in [0.15, 0.2) is 0 Å². The Kier molecular flexibility index (Phi) is 5.16. The third kappa shape index (κ3) is 3.79. The highest BCUT2D eigenvalue weighted by molar-refractivity contribution is 5.61. The van der Waals surface area contributed by atoms with Crippen molar-refractivity contribution in [1.29, 1.82) is 0 Å². The van der Waals surface area contributed by atoms with Gasteiger partial charge >= 0.3 is 0 Å². The van der Waals surface area contributed by atoms with Gasteiger partial charge in [0, 0.05) is 6.21 Å². The molecule has 1 saturated carbocycles. The van der Waals surface area contributed by atoms with Crippen molar-refractivity contribution in [3.05, 3.63) is 0 Å². The number of hydrogen-bond acceptors (Lipinski definition) is 2. The van der Waals surface area contributed by atoms with Crippen molar-refractivity contribution in [3.63, 3.8) is 0 Å². The molecule has 0 aromatic carbocycles. The Morgan fingerprint density at radius 1 is 1.29 bits per heavy atom. The minimum absolute atomic E-state index is 0.108. The Labute approximate surface area is 87.4 Å². The molecule has 82 valence electrons. The average molecular weight is 197 g/mol. The number of aliphatic hydroxyl groups is 1. The van der Waals surface area contributed by atoms with Gasteiger partial charge < -0.3 is 5.11 Å². The van der Waals surface area contributed by atoms with E-state index in [2.05, 4.69) is 25.1 Å². The van der Waals surface area contributed by atoms with Gasteiger partial charge in [-0.05, 0) is 24.7 Å². The molecule has 0 unspecified atom stereocenters. The lowest BCUT2D eigenvalue weighted by molar-refractivity contribution is 0.239. The van der Waals surface area contributed by atoms with E-state index in [1.54, 1.807) is 0 Å². The summed E-state index contributed by atoms with van der Waals surface area (Å²) in [6.45, 7) is 4.40. The quantitative estimate of drug-likeness (QED) is 0.690. The van der Waals surface area contributed by atoms with Crippen molar-refractivity contribution in [1.82, 2.24) is 0 Å². The van der Waals surface area contributed by atoms with Crippen LogP contribution in [0.25, 0.3) is 0 Å². The molecule has 1 N–H and O–H groups in total. The normalized spacial score (nSPS) is 22.0. The van der Waals surface area contributed by atoms with Gasteiger partial charge in [0.25, 0.3) is 0 Å². The molecule has 0 saturated heterocycles. The molecule has 14 heavy (non-hydrogen) atoms. The van der Waals surface area contributed by atoms with Crippen LogP contribution in [0.1, 0.15) is 46.0 Å². The number of rotatable bonds is 4. The first kappa shape index (κ1) is 11.7. The number of aliphatic imine (C=N–C) groups is 1. The van der Waals surface area contributed by atoms with Crippen LogP contribution in [-0.2, 0) is 0 Å². The fourth-order valence-corrected chi connectivity index (χ4v) is 1.95. The second kappa shape index (κ2) is 6.18. The van der Waals surface area contributed by atoms with Crippen molar-refractivity contribution < 1.29 is 5.11 Å². The third-order valence-corrected chi connectivity index (χ3v) is 3.09. The van der Waals surface area contributed by atoms with Gasteiger partial charge in [-0.3, -0.25) is 4.99 Å². The second-order valence-electron chi connectivity index (χ2n) is 4.69. The molecule has 2 heteroatoms. The first-order chi connectivity index (χ1) is 6.74. The molecule has 1 rings (SSSR count). The fraction of sp³-hybridized carbons (Fsp3) is 0.917. The van der Waals surface area contributed by atoms with E-state index in [1.165, 1.54) is 32.1 Å². The summed E-state index contributed by atoms with van der Waals surface area (Å²) in [6.07, 6.45) is 8.77. The molecular weight excluding hydrogens is 174 g/mol. The molecule has 2 nitrogen and oxygen atoms in total. The summed E-state index contributed by atoms with van der Waals surface area (Å²) in [6, 6.07) is 0.108. The largest absolute Gasteiger partial charge is 0.394 e. The lowest BCUT2D eigenvalue weighted by atomic mass is 9.90. The van der Waals surface area contributed by atoms with Gasteiger partial charge in [0.1, 0.15) is 0 Å². The van der Waals surface area contributed by atoms with Crippen LogP contribution in [0.5, 0.6) is 0 Å². The monoisotopic (exact) mass is 197 g/mol. The van der Waals surface area contributed by atoms with Crippen molar-refractivity contribution in [2.75, 3.05) is 6.61 Å². The van der Waals surface area contributed by atoms with Gasteiger partial charge in [-0.25, -0.2) is 0 Å². The molecule has 0 bridgehead atoms. The molecule has 0 aliphatic heterocycles. The van der Waals surface area contributed by atoms with E-state index in [9.17, 15) is 0 Å². The smallest absolute Gasteiger partial charge is 0.0749 e. The molecule has 0 amide bonds. The molecule has 1 atom stereocenters. The van der Waals surface area contributed by atoms with Crippen LogP contribution in [0.4, 0.5) is 0 Å². The summed E-state index contributed by atoms with van der Waals surface area (Å²) in [5, 5.41) is 9.11. The zero-order valence-corrected chi connectivity index (χ0v) is 9.45. The van der Waals surface area contributed by atoms with Gasteiger partial charge in [0.05, 0.1) is 12.6 Å². The predicted octanol–water partition coefficient (Wildman–Crippen LogP) is 2.65. The first-order valence-corrected chi connectivity index (χ1v) is 5.88. The number of hydrogen-bond donors (Lipinski definition) is 1. The summed E-state index contributed by atoms with van der Waals surface area (Å²) in [7, 11) is 0. The SMILES string of the molecule is CC(C)[C@@H](CO)N=CC1CCCCC1. The van der Waals surface area contributed by atoms with Crippen LogP contribution >= 0.6 is 0 Å². The van der Waals surface area contributed by atoms with Gasteiger partial charge in [-0.1, -0.05) is 33.1 Å². The number of nitrogens with zero attached hydrogens (tertiary/aromatic N) is 1. The Bertz CT molecular complexity index is 171. The van der Waals surface area contributed by atoms with Gasteiger partial charge in [-0.2, -0.15) is 0 Å². The van der Waals surface area contributed by atoms with Crippen LogP contribution in [0.3, 0.4) is 0 Å². The van der Waals surface area contributed by atoms with Crippen LogP contribution < -0.4 is 0 Å². The molecule has 1 aliphatic carbocycles. The van der Waals surface area contributed by atoms with Gasteiger partial charge in [-0.15, -0.1) is 0 Å². The molecular formula is C12H23NO. The summed E-state index contributed by atoms with van der Waals surface area (Å²) in [5.74, 6) is 1.12. The fourth-order valence-electron chi connectivity index (χ4n) is 1.95. The van der Waals surface area contributed by atoms with Crippen LogP contribution in [0, 0.1) is 11.8 Å². The highest BCUT2D eigenvalue weighted by Crippen LogP contribution is 2.22. The molecule has 1 fully saturated rings. The van der Waals surface area contributed by atoms with Crippen LogP contribution in [0.15, 0.2) is 4.99 Å². The minimum Gasteiger partial charge on any atom is -0.394 e. The topological polar surface area (TPSA) is 32.6 Å². The van der Waals surface area contributed by atoms with Crippen molar-refractivity contribution in [2.24, 2.45) is 16.8 Å². The lowest BCUT2D eigenvalue weighted by Gasteiger charge is -2.19. The molecule has 0 radical (unpaired) electrons. The summed E-state index contributed by atoms with van der Waals surface area (Å²) >= 11 is 0. The second-order valence-corrected chi connectivity index (χ2v) is 4.69. The molecule has 0 aromatic heterocycles. The minimum atomic E-state index is 0.108. The zero-order valence-electron chi connectivity index (χ0n) is 9.45. The average Bonchev–Trinajstić information content (AvgIpc) is 2.20. The van der Waals surface area contributed by atoms with E-state index in [0.717, 1.165) is 0 Å². The molecule has 0 heterocycles. The Morgan fingerprint density at radius 3 is 2.43 bits per heavy atom. The van der Waals surface area contributed by atoms with Crippen molar-refractivity contribution >= 4 is 6.21 Å². The summed E-state index contributed by atoms with van der Waals surface area (Å²) in [4.78, 5) is 4.49. The van der Waals surface area contributed by atoms with E-state index >= 15 is 0 Å². The Hall–Kier alpha value is -0.370. The summed E-state index contributed by atoms with van der Waals surface area (Å²) in [5.41, 5.74) is 0. The summed E-state index contributed by atoms with van der Waals surface area (Å²) < 4.78 is 0. The predicted molar refractivity (Wildman–Crippen MR) is 60.8 cm³/mol. The zero-order chi connectivity index (χ0) is 10.4. The van der Waals surface area contributed by atoms with Crippen LogP contribution in [-0.4, -0.2) is 24.0 Å². The Balaban J connectivity index is 2.35. The van der Waals surface area contributed by atoms with E-state index in [-0.39, 0.29) is 12.6 Å². The molecule has 0 aromatic rings. The van der Waals surface area contributed by atoms with Gasteiger partial charge in [0.2, 0.25) is 0 Å². The van der Waals surface area contributed by atoms with E-state index in [4.69, 9.17) is 5.11 Å². The van der Waals surface area contributed by atoms with E-state index < -0.39 is 0 Å². The highest BCUT2D eigenvalue weighted by atomic mass is 16.3. The first-order valence-electron chi connectivity index (χ1n) is 5.88. The molecule has 1 aliphatic rings.